The van der Waals surface area contributed by atoms with Crippen molar-refractivity contribution in [2.45, 2.75) is 33.4 Å². The lowest BCUT2D eigenvalue weighted by atomic mass is 10.1. The molecular formula is C25H28ClN3O5. The Labute approximate surface area is 203 Å². The Hall–Kier alpha value is -3.52. The number of rotatable bonds is 9. The van der Waals surface area contributed by atoms with E-state index in [-0.39, 0.29) is 10.7 Å². The van der Waals surface area contributed by atoms with Gasteiger partial charge < -0.3 is 19.5 Å². The van der Waals surface area contributed by atoms with Crippen molar-refractivity contribution < 1.29 is 23.8 Å². The number of benzene rings is 2. The second-order valence-corrected chi connectivity index (χ2v) is 8.23. The number of nitrogens with one attached hydrogen (secondary N) is 1. The SMILES string of the molecule is COc1ccc(OC)c(C(C)NC(=O)COC(=O)c2c(C)nn(Cc3ccc(C)cc3)c2Cl)c1. The summed E-state index contributed by atoms with van der Waals surface area (Å²) >= 11 is 6.42. The van der Waals surface area contributed by atoms with Crippen LogP contribution < -0.4 is 14.8 Å². The third kappa shape index (κ3) is 5.88. The van der Waals surface area contributed by atoms with Crippen molar-refractivity contribution in [2.24, 2.45) is 0 Å². The van der Waals surface area contributed by atoms with Crippen LogP contribution in [0.3, 0.4) is 0 Å². The average molecular weight is 486 g/mol. The number of esters is 1. The van der Waals surface area contributed by atoms with Gasteiger partial charge in [-0.2, -0.15) is 5.10 Å². The van der Waals surface area contributed by atoms with Gasteiger partial charge in [0.2, 0.25) is 0 Å². The number of hydrogen-bond donors (Lipinski definition) is 1. The molecule has 2 aromatic carbocycles. The molecule has 1 heterocycles. The fourth-order valence-electron chi connectivity index (χ4n) is 3.50. The van der Waals surface area contributed by atoms with Gasteiger partial charge in [0.05, 0.1) is 32.5 Å². The molecule has 1 N–H and O–H groups in total. The van der Waals surface area contributed by atoms with Gasteiger partial charge in [0.15, 0.2) is 6.61 Å². The van der Waals surface area contributed by atoms with Gasteiger partial charge >= 0.3 is 5.97 Å². The highest BCUT2D eigenvalue weighted by atomic mass is 35.5. The number of halogens is 1. The molecule has 1 unspecified atom stereocenters. The van der Waals surface area contributed by atoms with Crippen LogP contribution in [0.4, 0.5) is 0 Å². The smallest absolute Gasteiger partial charge is 0.343 e. The Morgan fingerprint density at radius 3 is 2.44 bits per heavy atom. The molecule has 0 fully saturated rings. The van der Waals surface area contributed by atoms with E-state index >= 15 is 0 Å². The van der Waals surface area contributed by atoms with Gasteiger partial charge in [0.25, 0.3) is 5.91 Å². The van der Waals surface area contributed by atoms with Gasteiger partial charge in [-0.3, -0.25) is 4.79 Å². The lowest BCUT2D eigenvalue weighted by Crippen LogP contribution is -2.31. The van der Waals surface area contributed by atoms with Crippen molar-refractivity contribution in [3.8, 4) is 11.5 Å². The molecule has 0 aliphatic rings. The molecule has 3 rings (SSSR count). The van der Waals surface area contributed by atoms with E-state index in [1.165, 1.54) is 4.68 Å². The Balaban J connectivity index is 1.63. The van der Waals surface area contributed by atoms with Crippen LogP contribution in [0.25, 0.3) is 0 Å². The molecular weight excluding hydrogens is 458 g/mol. The predicted octanol–water partition coefficient (Wildman–Crippen LogP) is 4.25. The minimum absolute atomic E-state index is 0.143. The highest BCUT2D eigenvalue weighted by molar-refractivity contribution is 6.32. The van der Waals surface area contributed by atoms with Crippen LogP contribution in [0, 0.1) is 13.8 Å². The largest absolute Gasteiger partial charge is 0.497 e. The van der Waals surface area contributed by atoms with Crippen LogP contribution in [0.1, 0.15) is 45.7 Å². The number of aryl methyl sites for hydroxylation is 2. The van der Waals surface area contributed by atoms with E-state index in [0.717, 1.165) is 16.7 Å². The Kier molecular flexibility index (Phi) is 8.17. The monoisotopic (exact) mass is 485 g/mol. The predicted molar refractivity (Wildman–Crippen MR) is 129 cm³/mol. The molecule has 1 aromatic heterocycles. The molecule has 0 bridgehead atoms. The molecule has 0 saturated heterocycles. The van der Waals surface area contributed by atoms with Crippen molar-refractivity contribution in [3.63, 3.8) is 0 Å². The Morgan fingerprint density at radius 2 is 1.79 bits per heavy atom. The average Bonchev–Trinajstić information content (AvgIpc) is 3.10. The number of amides is 1. The van der Waals surface area contributed by atoms with E-state index < -0.39 is 24.5 Å². The fourth-order valence-corrected chi connectivity index (χ4v) is 3.81. The number of hydrogen-bond acceptors (Lipinski definition) is 6. The summed E-state index contributed by atoms with van der Waals surface area (Å²) in [5.74, 6) is 0.0658. The van der Waals surface area contributed by atoms with Crippen molar-refractivity contribution in [3.05, 3.63) is 75.6 Å². The number of carbonyl (C=O) groups is 2. The van der Waals surface area contributed by atoms with E-state index in [1.807, 2.05) is 31.2 Å². The Morgan fingerprint density at radius 1 is 1.09 bits per heavy atom. The standard InChI is InChI=1S/C25H28ClN3O5/c1-15-6-8-18(9-7-15)13-29-24(26)23(17(3)28-29)25(31)34-14-22(30)27-16(2)20-12-19(32-4)10-11-21(20)33-5/h6-12,16H,13-14H2,1-5H3,(H,27,30). The molecule has 0 spiro atoms. The number of ether oxygens (including phenoxy) is 3. The summed E-state index contributed by atoms with van der Waals surface area (Å²) < 4.78 is 17.4. The van der Waals surface area contributed by atoms with E-state index in [2.05, 4.69) is 10.4 Å². The maximum absolute atomic E-state index is 12.7. The molecule has 0 radical (unpaired) electrons. The minimum Gasteiger partial charge on any atom is -0.497 e. The maximum Gasteiger partial charge on any atom is 0.343 e. The molecule has 180 valence electrons. The molecule has 8 nitrogen and oxygen atoms in total. The van der Waals surface area contributed by atoms with E-state index in [0.29, 0.717) is 23.7 Å². The van der Waals surface area contributed by atoms with Crippen LogP contribution >= 0.6 is 11.6 Å². The lowest BCUT2D eigenvalue weighted by Gasteiger charge is -2.18. The first kappa shape index (κ1) is 25.1. The summed E-state index contributed by atoms with van der Waals surface area (Å²) in [6, 6.07) is 12.8. The van der Waals surface area contributed by atoms with Crippen LogP contribution in [-0.4, -0.2) is 42.5 Å². The van der Waals surface area contributed by atoms with Crippen molar-refractivity contribution in [2.75, 3.05) is 20.8 Å². The van der Waals surface area contributed by atoms with E-state index in [4.69, 9.17) is 25.8 Å². The third-order valence-electron chi connectivity index (χ3n) is 5.34. The van der Waals surface area contributed by atoms with Crippen LogP contribution in [0.15, 0.2) is 42.5 Å². The number of nitrogens with zero attached hydrogens (tertiary/aromatic N) is 2. The molecule has 0 aliphatic carbocycles. The van der Waals surface area contributed by atoms with Gasteiger partial charge in [-0.25, -0.2) is 9.48 Å². The van der Waals surface area contributed by atoms with Crippen LogP contribution in [-0.2, 0) is 16.1 Å². The van der Waals surface area contributed by atoms with Gasteiger partial charge in [-0.1, -0.05) is 41.4 Å². The minimum atomic E-state index is -0.709. The highest BCUT2D eigenvalue weighted by Crippen LogP contribution is 2.29. The quantitative estimate of drug-likeness (QED) is 0.455. The Bertz CT molecular complexity index is 1170. The topological polar surface area (TPSA) is 91.7 Å². The summed E-state index contributed by atoms with van der Waals surface area (Å²) in [7, 11) is 3.11. The summed E-state index contributed by atoms with van der Waals surface area (Å²) in [5, 5.41) is 7.32. The number of aromatic nitrogens is 2. The molecule has 1 amide bonds. The third-order valence-corrected chi connectivity index (χ3v) is 5.72. The second-order valence-electron chi connectivity index (χ2n) is 7.87. The zero-order chi connectivity index (χ0) is 24.8. The van der Waals surface area contributed by atoms with E-state index in [1.54, 1.807) is 46.3 Å². The van der Waals surface area contributed by atoms with Crippen molar-refractivity contribution >= 4 is 23.5 Å². The van der Waals surface area contributed by atoms with E-state index in [9.17, 15) is 9.59 Å². The van der Waals surface area contributed by atoms with Crippen LogP contribution in [0.5, 0.6) is 11.5 Å². The zero-order valence-electron chi connectivity index (χ0n) is 19.8. The molecule has 34 heavy (non-hydrogen) atoms. The molecule has 3 aromatic rings. The molecule has 0 saturated carbocycles. The molecule has 9 heteroatoms. The number of methoxy groups -OCH3 is 2. The van der Waals surface area contributed by atoms with Gasteiger partial charge in [-0.15, -0.1) is 0 Å². The van der Waals surface area contributed by atoms with Crippen molar-refractivity contribution in [1.29, 1.82) is 0 Å². The maximum atomic E-state index is 12.7. The highest BCUT2D eigenvalue weighted by Gasteiger charge is 2.23. The van der Waals surface area contributed by atoms with Gasteiger partial charge in [0, 0.05) is 5.56 Å². The molecule has 0 aliphatic heterocycles. The zero-order valence-corrected chi connectivity index (χ0v) is 20.6. The summed E-state index contributed by atoms with van der Waals surface area (Å²) in [6.45, 7) is 5.42. The first-order chi connectivity index (χ1) is 16.2. The summed E-state index contributed by atoms with van der Waals surface area (Å²) in [5.41, 5.74) is 3.45. The summed E-state index contributed by atoms with van der Waals surface area (Å²) in [6.07, 6.45) is 0. The van der Waals surface area contributed by atoms with Crippen molar-refractivity contribution in [1.82, 2.24) is 15.1 Å². The second kappa shape index (κ2) is 11.1. The fraction of sp³-hybridized carbons (Fsp3) is 0.320. The summed E-state index contributed by atoms with van der Waals surface area (Å²) in [4.78, 5) is 25.1. The normalized spacial score (nSPS) is 11.6. The van der Waals surface area contributed by atoms with Gasteiger partial charge in [0.1, 0.15) is 22.2 Å². The van der Waals surface area contributed by atoms with Gasteiger partial charge in [-0.05, 0) is 44.5 Å². The lowest BCUT2D eigenvalue weighted by molar-refractivity contribution is -0.124. The molecule has 1 atom stereocenters. The number of carbonyl (C=O) groups excluding carboxylic acids is 2. The first-order valence-electron chi connectivity index (χ1n) is 10.7. The first-order valence-corrected chi connectivity index (χ1v) is 11.1. The van der Waals surface area contributed by atoms with Crippen LogP contribution in [0.2, 0.25) is 5.15 Å².